The SMILES string of the molecule is COC(=O)/C(=C/C[C@H]1[C@@]2(CO2)CC(C)(C)[C@H]2CCCC[C@@]21C)CC#N. The predicted molar refractivity (Wildman–Crippen MR) is 95.6 cm³/mol. The van der Waals surface area contributed by atoms with Crippen molar-refractivity contribution in [2.24, 2.45) is 22.7 Å². The molecule has 25 heavy (non-hydrogen) atoms. The number of fused-ring (bicyclic) bond motifs is 1. The normalized spacial score (nSPS) is 39.4. The summed E-state index contributed by atoms with van der Waals surface area (Å²) in [5, 5.41) is 9.02. The number of hydrogen-bond acceptors (Lipinski definition) is 4. The summed E-state index contributed by atoms with van der Waals surface area (Å²) < 4.78 is 10.9. The van der Waals surface area contributed by atoms with Crippen LogP contribution < -0.4 is 0 Å². The van der Waals surface area contributed by atoms with Crippen molar-refractivity contribution in [2.75, 3.05) is 13.7 Å². The molecule has 138 valence electrons. The minimum atomic E-state index is -0.381. The third-order valence-electron chi connectivity index (χ3n) is 7.22. The van der Waals surface area contributed by atoms with Crippen molar-refractivity contribution in [3.63, 3.8) is 0 Å². The lowest BCUT2D eigenvalue weighted by molar-refractivity contribution is -0.136. The van der Waals surface area contributed by atoms with Crippen LogP contribution >= 0.6 is 0 Å². The Hall–Kier alpha value is -1.34. The maximum Gasteiger partial charge on any atom is 0.334 e. The Labute approximate surface area is 151 Å². The summed E-state index contributed by atoms with van der Waals surface area (Å²) in [4.78, 5) is 11.9. The van der Waals surface area contributed by atoms with Crippen LogP contribution in [0.25, 0.3) is 0 Å². The van der Waals surface area contributed by atoms with Gasteiger partial charge < -0.3 is 9.47 Å². The molecular weight excluding hydrogens is 314 g/mol. The summed E-state index contributed by atoms with van der Waals surface area (Å²) in [6.45, 7) is 8.10. The minimum absolute atomic E-state index is 0.0313. The quantitative estimate of drug-likeness (QED) is 0.430. The van der Waals surface area contributed by atoms with Crippen molar-refractivity contribution in [3.8, 4) is 6.07 Å². The first-order valence-corrected chi connectivity index (χ1v) is 9.57. The number of nitriles is 1. The lowest BCUT2D eigenvalue weighted by atomic mass is 9.45. The highest BCUT2D eigenvalue weighted by atomic mass is 16.6. The van der Waals surface area contributed by atoms with E-state index in [0.717, 1.165) is 19.4 Å². The summed E-state index contributed by atoms with van der Waals surface area (Å²) >= 11 is 0. The average Bonchev–Trinajstić information content (AvgIpc) is 3.31. The molecule has 4 atom stereocenters. The molecule has 0 aromatic carbocycles. The molecular formula is C21H31NO3. The predicted octanol–water partition coefficient (Wildman–Crippen LogP) is 4.40. The van der Waals surface area contributed by atoms with Gasteiger partial charge in [0.05, 0.1) is 31.8 Å². The molecule has 3 rings (SSSR count). The molecule has 2 saturated carbocycles. The van der Waals surface area contributed by atoms with Crippen LogP contribution in [0.15, 0.2) is 11.6 Å². The molecule has 4 nitrogen and oxygen atoms in total. The lowest BCUT2D eigenvalue weighted by Crippen LogP contribution is -2.56. The fourth-order valence-electron chi connectivity index (χ4n) is 6.26. The fraction of sp³-hybridized carbons (Fsp3) is 0.810. The molecule has 0 aromatic heterocycles. The summed E-state index contributed by atoms with van der Waals surface area (Å²) in [5.74, 6) is 0.727. The number of methoxy groups -OCH3 is 1. The number of carbonyl (C=O) groups excluding carboxylic acids is 1. The van der Waals surface area contributed by atoms with E-state index in [2.05, 4.69) is 26.8 Å². The molecule has 0 N–H and O–H groups in total. The van der Waals surface area contributed by atoms with E-state index in [-0.39, 0.29) is 23.4 Å². The molecule has 2 aliphatic carbocycles. The second-order valence-corrected chi connectivity index (χ2v) is 9.17. The van der Waals surface area contributed by atoms with Gasteiger partial charge in [-0.25, -0.2) is 4.79 Å². The molecule has 3 fully saturated rings. The second-order valence-electron chi connectivity index (χ2n) is 9.17. The highest BCUT2D eigenvalue weighted by Gasteiger charge is 2.66. The zero-order valence-electron chi connectivity index (χ0n) is 16.1. The fourth-order valence-corrected chi connectivity index (χ4v) is 6.26. The molecule has 1 saturated heterocycles. The number of nitrogens with zero attached hydrogens (tertiary/aromatic N) is 1. The van der Waals surface area contributed by atoms with Crippen LogP contribution in [0.5, 0.6) is 0 Å². The first kappa shape index (κ1) is 18.5. The number of hydrogen-bond donors (Lipinski definition) is 0. The van der Waals surface area contributed by atoms with Gasteiger partial charge in [-0.15, -0.1) is 0 Å². The van der Waals surface area contributed by atoms with Crippen LogP contribution in [-0.4, -0.2) is 25.3 Å². The Balaban J connectivity index is 1.91. The van der Waals surface area contributed by atoms with Gasteiger partial charge in [-0.2, -0.15) is 5.26 Å². The third-order valence-corrected chi connectivity index (χ3v) is 7.22. The zero-order valence-corrected chi connectivity index (χ0v) is 16.1. The largest absolute Gasteiger partial charge is 0.466 e. The molecule has 1 heterocycles. The topological polar surface area (TPSA) is 62.6 Å². The summed E-state index contributed by atoms with van der Waals surface area (Å²) in [6, 6.07) is 2.09. The van der Waals surface area contributed by atoms with Gasteiger partial charge in [0.2, 0.25) is 0 Å². The van der Waals surface area contributed by atoms with Crippen LogP contribution in [0.4, 0.5) is 0 Å². The molecule has 0 unspecified atom stereocenters. The van der Waals surface area contributed by atoms with Gasteiger partial charge in [0.25, 0.3) is 0 Å². The maximum atomic E-state index is 11.9. The van der Waals surface area contributed by atoms with Crippen molar-refractivity contribution in [1.82, 2.24) is 0 Å². The van der Waals surface area contributed by atoms with Crippen molar-refractivity contribution in [3.05, 3.63) is 11.6 Å². The molecule has 3 aliphatic rings. The number of carbonyl (C=O) groups is 1. The molecule has 4 heteroatoms. The Morgan fingerprint density at radius 2 is 2.08 bits per heavy atom. The molecule has 0 aromatic rings. The minimum Gasteiger partial charge on any atom is -0.466 e. The van der Waals surface area contributed by atoms with Crippen LogP contribution in [0.1, 0.15) is 65.7 Å². The molecule has 1 spiro atoms. The number of epoxide rings is 1. The molecule has 0 amide bonds. The Morgan fingerprint density at radius 3 is 2.68 bits per heavy atom. The summed E-state index contributed by atoms with van der Waals surface area (Å²) in [6.07, 6.45) is 9.10. The van der Waals surface area contributed by atoms with Gasteiger partial charge >= 0.3 is 5.97 Å². The van der Waals surface area contributed by atoms with Gasteiger partial charge in [0, 0.05) is 5.57 Å². The number of allylic oxidation sites excluding steroid dienone is 1. The van der Waals surface area contributed by atoms with Crippen LogP contribution in [0.3, 0.4) is 0 Å². The van der Waals surface area contributed by atoms with Crippen molar-refractivity contribution >= 4 is 5.97 Å². The van der Waals surface area contributed by atoms with Crippen molar-refractivity contribution < 1.29 is 14.3 Å². The van der Waals surface area contributed by atoms with E-state index in [1.165, 1.54) is 32.8 Å². The standard InChI is InChI=1S/C21H31NO3/c1-19(2)13-21(14-25-21)17(20(3)11-6-5-7-16(19)20)9-8-15(10-12-22)18(23)24-4/h8,16-17H,5-7,9-11,13-14H2,1-4H3/b15-8+/t16-,17-,20+,21+/m1/s1. The van der Waals surface area contributed by atoms with E-state index in [9.17, 15) is 4.79 Å². The van der Waals surface area contributed by atoms with Crippen LogP contribution in [-0.2, 0) is 14.3 Å². The highest BCUT2D eigenvalue weighted by molar-refractivity contribution is 5.88. The number of esters is 1. The van der Waals surface area contributed by atoms with E-state index in [1.54, 1.807) is 0 Å². The second kappa shape index (κ2) is 6.43. The summed E-state index contributed by atoms with van der Waals surface area (Å²) in [5.41, 5.74) is 0.989. The number of rotatable bonds is 4. The lowest BCUT2D eigenvalue weighted by Gasteiger charge is -2.60. The van der Waals surface area contributed by atoms with E-state index < -0.39 is 0 Å². The van der Waals surface area contributed by atoms with E-state index in [4.69, 9.17) is 14.7 Å². The van der Waals surface area contributed by atoms with Gasteiger partial charge in [-0.1, -0.05) is 39.7 Å². The van der Waals surface area contributed by atoms with Gasteiger partial charge in [0.1, 0.15) is 0 Å². The molecule has 0 radical (unpaired) electrons. The first-order chi connectivity index (χ1) is 11.8. The first-order valence-electron chi connectivity index (χ1n) is 9.57. The Bertz CT molecular complexity index is 611. The third kappa shape index (κ3) is 3.12. The smallest absolute Gasteiger partial charge is 0.334 e. The van der Waals surface area contributed by atoms with E-state index >= 15 is 0 Å². The van der Waals surface area contributed by atoms with Crippen LogP contribution in [0, 0.1) is 34.0 Å². The van der Waals surface area contributed by atoms with E-state index in [0.29, 0.717) is 22.8 Å². The monoisotopic (exact) mass is 345 g/mol. The van der Waals surface area contributed by atoms with Crippen molar-refractivity contribution in [2.45, 2.75) is 71.3 Å². The average molecular weight is 345 g/mol. The zero-order chi connectivity index (χ0) is 18.3. The maximum absolute atomic E-state index is 11.9. The molecule has 1 aliphatic heterocycles. The Morgan fingerprint density at radius 1 is 1.36 bits per heavy atom. The molecule has 0 bridgehead atoms. The summed E-state index contributed by atoms with van der Waals surface area (Å²) in [7, 11) is 1.38. The van der Waals surface area contributed by atoms with Gasteiger partial charge in [-0.3, -0.25) is 0 Å². The Kier molecular flexibility index (Phi) is 4.75. The van der Waals surface area contributed by atoms with Crippen LogP contribution in [0.2, 0.25) is 0 Å². The van der Waals surface area contributed by atoms with Gasteiger partial charge in [0.15, 0.2) is 0 Å². The number of ether oxygens (including phenoxy) is 2. The van der Waals surface area contributed by atoms with Crippen molar-refractivity contribution in [1.29, 1.82) is 5.26 Å². The van der Waals surface area contributed by atoms with E-state index in [1.807, 2.05) is 6.08 Å². The highest BCUT2D eigenvalue weighted by Crippen LogP contribution is 2.67. The van der Waals surface area contributed by atoms with Gasteiger partial charge in [-0.05, 0) is 48.3 Å².